The predicted octanol–water partition coefficient (Wildman–Crippen LogP) is 3.77. The lowest BCUT2D eigenvalue weighted by atomic mass is 9.71. The molecule has 0 aromatic rings. The summed E-state index contributed by atoms with van der Waals surface area (Å²) in [5.41, 5.74) is -18.3. The first-order valence-electron chi connectivity index (χ1n) is 7.95. The second kappa shape index (κ2) is 9.19. The zero-order valence-corrected chi connectivity index (χ0v) is 16.6. The average molecular weight is 587 g/mol. The largest absolute Gasteiger partial charge is 0.437 e. The molecule has 0 amide bonds. The summed E-state index contributed by atoms with van der Waals surface area (Å²) in [5, 5.41) is 8.58. The molecule has 23 heteroatoms. The zero-order chi connectivity index (χ0) is 28.9. The third-order valence-corrected chi connectivity index (χ3v) is 6.33. The number of sulfonamides is 1. The van der Waals surface area contributed by atoms with Gasteiger partial charge in [0.1, 0.15) is 0 Å². The molecular weight excluding hydrogens is 577 g/mol. The fourth-order valence-corrected chi connectivity index (χ4v) is 4.45. The highest BCUT2D eigenvalue weighted by molar-refractivity contribution is 7.90. The molecule has 0 heterocycles. The summed E-state index contributed by atoms with van der Waals surface area (Å²) in [6, 6.07) is 0. The summed E-state index contributed by atoms with van der Waals surface area (Å²) in [5.74, 6) is -9.42. The van der Waals surface area contributed by atoms with E-state index in [0.717, 1.165) is 0 Å². The normalized spacial score (nSPS) is 16.2. The fraction of sp³-hybridized carbons (Fsp3) is 1.00. The summed E-state index contributed by atoms with van der Waals surface area (Å²) in [6.45, 7) is -7.69. The van der Waals surface area contributed by atoms with Crippen LogP contribution in [0.2, 0.25) is 0 Å². The van der Waals surface area contributed by atoms with Gasteiger partial charge < -0.3 is 10.2 Å². The molecule has 35 heavy (non-hydrogen) atoms. The first kappa shape index (κ1) is 33.6. The van der Waals surface area contributed by atoms with Crippen LogP contribution in [0, 0.1) is 5.41 Å². The number of aliphatic hydroxyl groups excluding tert-OH is 2. The molecule has 212 valence electrons. The monoisotopic (exact) mass is 587 g/mol. The summed E-state index contributed by atoms with van der Waals surface area (Å²) < 4.78 is 251. The van der Waals surface area contributed by atoms with E-state index in [9.17, 15) is 83.1 Å². The Morgan fingerprint density at radius 3 is 1.03 bits per heavy atom. The highest BCUT2D eigenvalue weighted by atomic mass is 32.2. The van der Waals surface area contributed by atoms with Crippen molar-refractivity contribution in [1.29, 1.82) is 0 Å². The van der Waals surface area contributed by atoms with E-state index in [1.807, 2.05) is 0 Å². The van der Waals surface area contributed by atoms with E-state index in [4.69, 9.17) is 10.2 Å². The lowest BCUT2D eigenvalue weighted by Crippen LogP contribution is -2.81. The fourth-order valence-electron chi connectivity index (χ4n) is 2.74. The minimum Gasteiger partial charge on any atom is -0.395 e. The van der Waals surface area contributed by atoms with Crippen LogP contribution in [0.25, 0.3) is 0 Å². The molecule has 0 aliphatic carbocycles. The summed E-state index contributed by atoms with van der Waals surface area (Å²) >= 11 is 0. The lowest BCUT2D eigenvalue weighted by Gasteiger charge is -2.50. The SMILES string of the molecule is O=S(=O)(N(CCO)CCO)C(F)(F)C(C(F)(F)F)(C(F)(F)F)C(F)(F)C(F)(C(F)(F)F)C(F)(F)F. The van der Waals surface area contributed by atoms with Gasteiger partial charge in [0.25, 0.3) is 10.0 Å². The third-order valence-electron chi connectivity index (χ3n) is 4.33. The second-order valence-electron chi connectivity index (χ2n) is 6.34. The van der Waals surface area contributed by atoms with Gasteiger partial charge >= 0.3 is 47.0 Å². The average Bonchev–Trinajstić information content (AvgIpc) is 2.55. The second-order valence-corrected chi connectivity index (χ2v) is 8.32. The van der Waals surface area contributed by atoms with Crippen LogP contribution in [-0.2, 0) is 10.0 Å². The molecule has 0 saturated heterocycles. The number of alkyl halides is 17. The molecule has 0 unspecified atom stereocenters. The Kier molecular flexibility index (Phi) is 8.83. The zero-order valence-electron chi connectivity index (χ0n) is 15.8. The van der Waals surface area contributed by atoms with Crippen molar-refractivity contribution in [2.45, 2.75) is 41.6 Å². The Labute approximate surface area is 182 Å². The molecule has 0 aliphatic rings. The molecule has 0 aromatic heterocycles. The van der Waals surface area contributed by atoms with Crippen LogP contribution < -0.4 is 0 Å². The molecule has 0 spiro atoms. The molecule has 5 nitrogen and oxygen atoms in total. The van der Waals surface area contributed by atoms with Gasteiger partial charge in [-0.15, -0.1) is 0 Å². The smallest absolute Gasteiger partial charge is 0.395 e. The molecule has 0 aromatic carbocycles. The maximum absolute atomic E-state index is 14.6. The number of rotatable bonds is 9. The minimum atomic E-state index is -9.42. The molecule has 0 atom stereocenters. The summed E-state index contributed by atoms with van der Waals surface area (Å²) in [7, 11) is -8.12. The van der Waals surface area contributed by atoms with Crippen molar-refractivity contribution in [3.63, 3.8) is 0 Å². The third kappa shape index (κ3) is 4.49. The molecule has 0 radical (unpaired) electrons. The first-order chi connectivity index (χ1) is 15.0. The molecular formula is C12H10F17NO4S. The van der Waals surface area contributed by atoms with Crippen molar-refractivity contribution < 1.29 is 93.3 Å². The van der Waals surface area contributed by atoms with Gasteiger partial charge in [0.15, 0.2) is 0 Å². The van der Waals surface area contributed by atoms with Crippen LogP contribution in [0.15, 0.2) is 0 Å². The van der Waals surface area contributed by atoms with Gasteiger partial charge in [0.05, 0.1) is 13.2 Å². The minimum absolute atomic E-state index is 1.48. The Bertz CT molecular complexity index is 807. The van der Waals surface area contributed by atoms with E-state index in [-0.39, 0.29) is 0 Å². The summed E-state index contributed by atoms with van der Waals surface area (Å²) in [6.07, 6.45) is -34.6. The molecule has 0 aliphatic heterocycles. The van der Waals surface area contributed by atoms with Gasteiger partial charge in [0.2, 0.25) is 0 Å². The number of aliphatic hydroxyl groups is 2. The molecule has 0 rings (SSSR count). The van der Waals surface area contributed by atoms with Gasteiger partial charge in [-0.25, -0.2) is 21.6 Å². The molecule has 0 bridgehead atoms. The molecule has 0 fully saturated rings. The van der Waals surface area contributed by atoms with Gasteiger partial charge in [-0.05, 0) is 0 Å². The van der Waals surface area contributed by atoms with Crippen LogP contribution in [0.3, 0.4) is 0 Å². The van der Waals surface area contributed by atoms with E-state index in [2.05, 4.69) is 0 Å². The van der Waals surface area contributed by atoms with Crippen LogP contribution in [0.1, 0.15) is 0 Å². The van der Waals surface area contributed by atoms with Gasteiger partial charge in [-0.3, -0.25) is 0 Å². The predicted molar refractivity (Wildman–Crippen MR) is 75.1 cm³/mol. The molecule has 2 N–H and O–H groups in total. The Morgan fingerprint density at radius 1 is 0.543 bits per heavy atom. The van der Waals surface area contributed by atoms with Gasteiger partial charge in [0, 0.05) is 13.1 Å². The van der Waals surface area contributed by atoms with Crippen molar-refractivity contribution in [3.8, 4) is 0 Å². The maximum atomic E-state index is 14.6. The van der Waals surface area contributed by atoms with Crippen molar-refractivity contribution in [1.82, 2.24) is 4.31 Å². The topological polar surface area (TPSA) is 77.8 Å². The number of nitrogens with zero attached hydrogens (tertiary/aromatic N) is 1. The Balaban J connectivity index is 8.25. The Hall–Kier alpha value is -1.36. The Morgan fingerprint density at radius 2 is 0.829 bits per heavy atom. The molecule has 0 saturated carbocycles. The highest BCUT2D eigenvalue weighted by Gasteiger charge is 3.03. The number of halogens is 17. The van der Waals surface area contributed by atoms with Crippen LogP contribution in [0.4, 0.5) is 74.6 Å². The lowest BCUT2D eigenvalue weighted by molar-refractivity contribution is -0.493. The highest BCUT2D eigenvalue weighted by Crippen LogP contribution is 2.73. The number of hydrogen-bond donors (Lipinski definition) is 2. The van der Waals surface area contributed by atoms with Crippen molar-refractivity contribution in [2.24, 2.45) is 5.41 Å². The quantitative estimate of drug-likeness (QED) is 0.403. The van der Waals surface area contributed by atoms with E-state index >= 15 is 0 Å². The van der Waals surface area contributed by atoms with Crippen molar-refractivity contribution in [3.05, 3.63) is 0 Å². The van der Waals surface area contributed by atoms with E-state index in [1.54, 1.807) is 0 Å². The van der Waals surface area contributed by atoms with Crippen molar-refractivity contribution in [2.75, 3.05) is 26.3 Å². The standard InChI is InChI=1S/C12H10F17NO4S/c13-6(10(22,23)24,11(25,26)27)7(14,15)5(8(16,17)18,9(19,20)21)12(28,29)35(33,34)30(1-3-31)2-4-32/h31-32H,1-4H2. The van der Waals surface area contributed by atoms with Crippen LogP contribution >= 0.6 is 0 Å². The summed E-state index contributed by atoms with van der Waals surface area (Å²) in [4.78, 5) is 0. The maximum Gasteiger partial charge on any atom is 0.437 e. The van der Waals surface area contributed by atoms with Gasteiger partial charge in [-0.2, -0.15) is 65.8 Å². The van der Waals surface area contributed by atoms with E-state index < -0.39 is 87.6 Å². The first-order valence-corrected chi connectivity index (χ1v) is 9.39. The van der Waals surface area contributed by atoms with Crippen LogP contribution in [-0.4, -0.2) is 90.8 Å². The van der Waals surface area contributed by atoms with E-state index in [1.165, 1.54) is 0 Å². The van der Waals surface area contributed by atoms with Crippen LogP contribution in [0.5, 0.6) is 0 Å². The number of hydrogen-bond acceptors (Lipinski definition) is 4. The van der Waals surface area contributed by atoms with E-state index in [0.29, 0.717) is 0 Å². The van der Waals surface area contributed by atoms with Gasteiger partial charge in [-0.1, -0.05) is 0 Å². The van der Waals surface area contributed by atoms with Crippen molar-refractivity contribution >= 4 is 10.0 Å².